The largest absolute Gasteiger partial charge is 0.385 e. The molecule has 0 aliphatic rings. The molecule has 21 heavy (non-hydrogen) atoms. The van der Waals surface area contributed by atoms with Crippen molar-refractivity contribution in [3.8, 4) is 0 Å². The highest BCUT2D eigenvalue weighted by Crippen LogP contribution is 2.24. The normalized spacial score (nSPS) is 15.2. The van der Waals surface area contributed by atoms with Crippen molar-refractivity contribution in [1.29, 1.82) is 0 Å². The van der Waals surface area contributed by atoms with Gasteiger partial charge in [-0.2, -0.15) is 0 Å². The molecule has 3 nitrogen and oxygen atoms in total. The second-order valence-electron chi connectivity index (χ2n) is 5.54. The lowest BCUT2D eigenvalue weighted by molar-refractivity contribution is -0.125. The average Bonchev–Trinajstić information content (AvgIpc) is 2.99. The number of rotatable bonds is 6. The van der Waals surface area contributed by atoms with E-state index in [1.165, 1.54) is 4.88 Å². The van der Waals surface area contributed by atoms with Gasteiger partial charge in [-0.05, 0) is 23.9 Å². The molecule has 1 heterocycles. The monoisotopic (exact) mass is 303 g/mol. The maximum absolute atomic E-state index is 12.0. The number of hydrogen-bond donors (Lipinski definition) is 2. The van der Waals surface area contributed by atoms with E-state index in [1.54, 1.807) is 18.3 Å². The molecule has 0 aliphatic carbocycles. The van der Waals surface area contributed by atoms with Crippen molar-refractivity contribution in [3.63, 3.8) is 0 Å². The quantitative estimate of drug-likeness (QED) is 0.860. The van der Waals surface area contributed by atoms with E-state index in [2.05, 4.69) is 18.3 Å². The van der Waals surface area contributed by atoms with Crippen molar-refractivity contribution in [3.05, 3.63) is 58.3 Å². The highest BCUT2D eigenvalue weighted by molar-refractivity contribution is 7.10. The smallest absolute Gasteiger partial charge is 0.223 e. The lowest BCUT2D eigenvalue weighted by Gasteiger charge is -2.23. The van der Waals surface area contributed by atoms with Gasteiger partial charge in [-0.3, -0.25) is 4.79 Å². The summed E-state index contributed by atoms with van der Waals surface area (Å²) < 4.78 is 0. The van der Waals surface area contributed by atoms with Crippen molar-refractivity contribution in [2.24, 2.45) is 0 Å². The fraction of sp³-hybridized carbons (Fsp3) is 0.353. The Labute approximate surface area is 129 Å². The first-order valence-corrected chi connectivity index (χ1v) is 7.95. The predicted molar refractivity (Wildman–Crippen MR) is 86.4 cm³/mol. The summed E-state index contributed by atoms with van der Waals surface area (Å²) in [5.41, 5.74) is -0.385. The van der Waals surface area contributed by atoms with Crippen molar-refractivity contribution < 1.29 is 9.90 Å². The Bertz CT molecular complexity index is 564. The van der Waals surface area contributed by atoms with E-state index in [4.69, 9.17) is 0 Å². The van der Waals surface area contributed by atoms with Crippen LogP contribution in [0.5, 0.6) is 0 Å². The standard InChI is InChI=1S/C17H21NO2S/c1-13(15-9-6-10-21-15)12-18-16(19)11-17(2,20)14-7-4-3-5-8-14/h3-10,13,20H,11-12H2,1-2H3,(H,18,19). The molecule has 1 aromatic heterocycles. The van der Waals surface area contributed by atoms with E-state index < -0.39 is 5.60 Å². The van der Waals surface area contributed by atoms with E-state index in [-0.39, 0.29) is 18.2 Å². The molecule has 0 saturated carbocycles. The van der Waals surface area contributed by atoms with Gasteiger partial charge in [-0.25, -0.2) is 0 Å². The molecule has 0 aliphatic heterocycles. The number of aliphatic hydroxyl groups is 1. The summed E-state index contributed by atoms with van der Waals surface area (Å²) in [6.07, 6.45) is 0.0637. The molecule has 0 bridgehead atoms. The molecule has 0 saturated heterocycles. The van der Waals surface area contributed by atoms with Gasteiger partial charge in [0.15, 0.2) is 0 Å². The predicted octanol–water partition coefficient (Wildman–Crippen LogP) is 3.27. The van der Waals surface area contributed by atoms with Crippen molar-refractivity contribution >= 4 is 17.2 Å². The summed E-state index contributed by atoms with van der Waals surface area (Å²) in [5, 5.41) is 15.4. The Morgan fingerprint density at radius 1 is 1.29 bits per heavy atom. The maximum atomic E-state index is 12.0. The molecule has 0 fully saturated rings. The molecule has 2 aromatic rings. The Balaban J connectivity index is 1.87. The van der Waals surface area contributed by atoms with Gasteiger partial charge in [-0.15, -0.1) is 11.3 Å². The third-order valence-corrected chi connectivity index (χ3v) is 4.64. The Hall–Kier alpha value is -1.65. The fourth-order valence-corrected chi connectivity index (χ4v) is 3.00. The first-order valence-electron chi connectivity index (χ1n) is 7.07. The summed E-state index contributed by atoms with van der Waals surface area (Å²) >= 11 is 1.69. The van der Waals surface area contributed by atoms with Gasteiger partial charge >= 0.3 is 0 Å². The van der Waals surface area contributed by atoms with Crippen LogP contribution >= 0.6 is 11.3 Å². The summed E-state index contributed by atoms with van der Waals surface area (Å²) in [5.74, 6) is 0.155. The Morgan fingerprint density at radius 3 is 2.62 bits per heavy atom. The Morgan fingerprint density at radius 2 is 2.00 bits per heavy atom. The molecule has 2 unspecified atom stereocenters. The van der Waals surface area contributed by atoms with E-state index in [9.17, 15) is 9.90 Å². The molecule has 4 heteroatoms. The van der Waals surface area contributed by atoms with Crippen LogP contribution in [0.15, 0.2) is 47.8 Å². The number of carbonyl (C=O) groups is 1. The van der Waals surface area contributed by atoms with Gasteiger partial charge in [0.05, 0.1) is 12.0 Å². The van der Waals surface area contributed by atoms with Crippen molar-refractivity contribution in [2.45, 2.75) is 31.8 Å². The van der Waals surface area contributed by atoms with Crippen LogP contribution in [0.1, 0.15) is 36.6 Å². The molecular formula is C17H21NO2S. The minimum absolute atomic E-state index is 0.0637. The van der Waals surface area contributed by atoms with Gasteiger partial charge in [0.1, 0.15) is 0 Å². The fourth-order valence-electron chi connectivity index (χ4n) is 2.21. The first-order chi connectivity index (χ1) is 9.99. The van der Waals surface area contributed by atoms with Crippen LogP contribution in [0.25, 0.3) is 0 Å². The average molecular weight is 303 g/mol. The first kappa shape index (κ1) is 15.7. The molecule has 2 rings (SSSR count). The van der Waals surface area contributed by atoms with Gasteiger partial charge in [-0.1, -0.05) is 43.3 Å². The number of thiophene rings is 1. The van der Waals surface area contributed by atoms with Crippen LogP contribution < -0.4 is 5.32 Å². The molecule has 112 valence electrons. The lowest BCUT2D eigenvalue weighted by atomic mass is 9.92. The summed E-state index contributed by atoms with van der Waals surface area (Å²) in [4.78, 5) is 13.3. The second-order valence-corrected chi connectivity index (χ2v) is 6.52. The Kier molecular flexibility index (Phi) is 5.15. The third-order valence-electron chi connectivity index (χ3n) is 3.53. The van der Waals surface area contributed by atoms with E-state index in [1.807, 2.05) is 41.8 Å². The number of amides is 1. The minimum atomic E-state index is -1.14. The van der Waals surface area contributed by atoms with E-state index >= 15 is 0 Å². The number of hydrogen-bond acceptors (Lipinski definition) is 3. The highest BCUT2D eigenvalue weighted by atomic mass is 32.1. The molecule has 2 N–H and O–H groups in total. The van der Waals surface area contributed by atoms with Crippen molar-refractivity contribution in [1.82, 2.24) is 5.32 Å². The summed E-state index contributed by atoms with van der Waals surface area (Å²) in [7, 11) is 0. The van der Waals surface area contributed by atoms with Gasteiger partial charge in [0.25, 0.3) is 0 Å². The van der Waals surface area contributed by atoms with Crippen LogP contribution in [-0.4, -0.2) is 17.6 Å². The second kappa shape index (κ2) is 6.87. The molecule has 1 aromatic carbocycles. The molecule has 0 spiro atoms. The van der Waals surface area contributed by atoms with Crippen LogP contribution in [-0.2, 0) is 10.4 Å². The number of nitrogens with one attached hydrogen (secondary N) is 1. The third kappa shape index (κ3) is 4.41. The highest BCUT2D eigenvalue weighted by Gasteiger charge is 2.26. The zero-order valence-electron chi connectivity index (χ0n) is 12.4. The summed E-state index contributed by atoms with van der Waals surface area (Å²) in [6.45, 7) is 4.34. The lowest BCUT2D eigenvalue weighted by Crippen LogP contribution is -2.34. The van der Waals surface area contributed by atoms with E-state index in [0.29, 0.717) is 6.54 Å². The summed E-state index contributed by atoms with van der Waals surface area (Å²) in [6, 6.07) is 13.4. The van der Waals surface area contributed by atoms with Crippen LogP contribution in [0, 0.1) is 0 Å². The van der Waals surface area contributed by atoms with Gasteiger partial charge < -0.3 is 10.4 Å². The van der Waals surface area contributed by atoms with Crippen LogP contribution in [0.4, 0.5) is 0 Å². The molecule has 1 amide bonds. The van der Waals surface area contributed by atoms with Crippen LogP contribution in [0.3, 0.4) is 0 Å². The zero-order valence-corrected chi connectivity index (χ0v) is 13.2. The van der Waals surface area contributed by atoms with Gasteiger partial charge in [0.2, 0.25) is 5.91 Å². The van der Waals surface area contributed by atoms with Crippen LogP contribution in [0.2, 0.25) is 0 Å². The van der Waals surface area contributed by atoms with Crippen molar-refractivity contribution in [2.75, 3.05) is 6.54 Å². The van der Waals surface area contributed by atoms with Gasteiger partial charge in [0, 0.05) is 17.3 Å². The molecular weight excluding hydrogens is 282 g/mol. The minimum Gasteiger partial charge on any atom is -0.385 e. The van der Waals surface area contributed by atoms with E-state index in [0.717, 1.165) is 5.56 Å². The number of benzene rings is 1. The zero-order chi connectivity index (χ0) is 15.3. The molecule has 2 atom stereocenters. The maximum Gasteiger partial charge on any atom is 0.223 e. The SMILES string of the molecule is CC(CNC(=O)CC(C)(O)c1ccccc1)c1cccs1. The molecule has 0 radical (unpaired) electrons. The number of carbonyl (C=O) groups excluding carboxylic acids is 1. The topological polar surface area (TPSA) is 49.3 Å².